The number of nitrogens with zero attached hydrogens (tertiary/aromatic N) is 1. The molecule has 2 aliphatic rings. The second kappa shape index (κ2) is 13.4. The second-order valence-corrected chi connectivity index (χ2v) is 9.21. The van der Waals surface area contributed by atoms with Crippen molar-refractivity contribution in [1.82, 2.24) is 0 Å². The molecule has 148 valence electrons. The van der Waals surface area contributed by atoms with Gasteiger partial charge in [0.1, 0.15) is 0 Å². The molecule has 0 saturated heterocycles. The van der Waals surface area contributed by atoms with Crippen molar-refractivity contribution in [2.75, 3.05) is 0 Å². The summed E-state index contributed by atoms with van der Waals surface area (Å²) in [6.45, 7) is 2.28. The zero-order valence-corrected chi connectivity index (χ0v) is 17.4. The van der Waals surface area contributed by atoms with Gasteiger partial charge in [-0.25, -0.2) is 0 Å². The molecule has 0 aromatic rings. The topological polar surface area (TPSA) is 23.8 Å². The molecular formula is C25H43N. The molecule has 0 bridgehead atoms. The largest absolute Gasteiger partial charge is 0.198 e. The summed E-state index contributed by atoms with van der Waals surface area (Å²) in [6, 6.07) is 2.47. The third kappa shape index (κ3) is 8.75. The standard InChI is InChI=1S/C25H43N/c1-2-3-4-5-6-7-8-9-10-22-11-13-23(14-12-22)15-16-24-17-19-25(21-26)20-18-24/h7-8,22-25H,2-6,9-20H2,1H3/b8-7+/t22-,23-,24-,25-. The van der Waals surface area contributed by atoms with E-state index in [-0.39, 0.29) is 0 Å². The second-order valence-electron chi connectivity index (χ2n) is 9.21. The molecule has 0 aromatic carbocycles. The fourth-order valence-corrected chi connectivity index (χ4v) is 5.12. The Morgan fingerprint density at radius 2 is 1.23 bits per heavy atom. The summed E-state index contributed by atoms with van der Waals surface area (Å²) < 4.78 is 0. The van der Waals surface area contributed by atoms with Gasteiger partial charge in [-0.1, -0.05) is 76.9 Å². The van der Waals surface area contributed by atoms with Crippen LogP contribution in [-0.2, 0) is 0 Å². The minimum absolute atomic E-state index is 0.368. The molecule has 1 nitrogen and oxygen atoms in total. The SMILES string of the molecule is CCCCCC/C=C/CC[C@H]1CC[C@H](CC[C@H]2CC[C@H](C#N)CC2)CC1. The van der Waals surface area contributed by atoms with Gasteiger partial charge in [-0.05, 0) is 69.1 Å². The molecule has 2 fully saturated rings. The molecule has 0 unspecified atom stereocenters. The van der Waals surface area contributed by atoms with Gasteiger partial charge in [0.25, 0.3) is 0 Å². The van der Waals surface area contributed by atoms with Crippen molar-refractivity contribution in [1.29, 1.82) is 5.26 Å². The van der Waals surface area contributed by atoms with E-state index >= 15 is 0 Å². The fourth-order valence-electron chi connectivity index (χ4n) is 5.12. The molecule has 2 rings (SSSR count). The predicted molar refractivity (Wildman–Crippen MR) is 113 cm³/mol. The first-order valence-electron chi connectivity index (χ1n) is 11.9. The van der Waals surface area contributed by atoms with E-state index in [0.717, 1.165) is 17.8 Å². The Balaban J connectivity index is 1.46. The first-order valence-corrected chi connectivity index (χ1v) is 11.9. The number of unbranched alkanes of at least 4 members (excludes halogenated alkanes) is 4. The van der Waals surface area contributed by atoms with Crippen LogP contribution in [0.3, 0.4) is 0 Å². The molecule has 0 heterocycles. The van der Waals surface area contributed by atoms with E-state index in [1.807, 2.05) is 0 Å². The van der Waals surface area contributed by atoms with Crippen LogP contribution in [0.25, 0.3) is 0 Å². The third-order valence-electron chi connectivity index (χ3n) is 7.11. The lowest BCUT2D eigenvalue weighted by Crippen LogP contribution is -2.17. The average Bonchev–Trinajstić information content (AvgIpc) is 2.69. The summed E-state index contributed by atoms with van der Waals surface area (Å²) in [6.07, 6.45) is 28.3. The summed E-state index contributed by atoms with van der Waals surface area (Å²) in [5.74, 6) is 3.31. The maximum atomic E-state index is 9.02. The van der Waals surface area contributed by atoms with Crippen molar-refractivity contribution in [2.24, 2.45) is 23.7 Å². The number of rotatable bonds is 11. The van der Waals surface area contributed by atoms with Gasteiger partial charge in [-0.15, -0.1) is 0 Å². The van der Waals surface area contributed by atoms with Gasteiger partial charge in [-0.3, -0.25) is 0 Å². The molecule has 0 radical (unpaired) electrons. The van der Waals surface area contributed by atoms with Crippen LogP contribution in [0.5, 0.6) is 0 Å². The molecule has 0 aliphatic heterocycles. The number of hydrogen-bond acceptors (Lipinski definition) is 1. The molecule has 0 amide bonds. The maximum absolute atomic E-state index is 9.02. The lowest BCUT2D eigenvalue weighted by Gasteiger charge is -2.30. The van der Waals surface area contributed by atoms with E-state index in [0.29, 0.717) is 5.92 Å². The fraction of sp³-hybridized carbons (Fsp3) is 0.880. The van der Waals surface area contributed by atoms with Crippen molar-refractivity contribution in [3.63, 3.8) is 0 Å². The minimum Gasteiger partial charge on any atom is -0.198 e. The van der Waals surface area contributed by atoms with E-state index in [2.05, 4.69) is 25.1 Å². The first-order chi connectivity index (χ1) is 12.8. The van der Waals surface area contributed by atoms with E-state index in [4.69, 9.17) is 5.26 Å². The van der Waals surface area contributed by atoms with Gasteiger partial charge in [-0.2, -0.15) is 5.26 Å². The van der Waals surface area contributed by atoms with Crippen LogP contribution in [0, 0.1) is 35.0 Å². The van der Waals surface area contributed by atoms with Crippen molar-refractivity contribution in [3.05, 3.63) is 12.2 Å². The predicted octanol–water partition coefficient (Wildman–Crippen LogP) is 8.21. The minimum atomic E-state index is 0.368. The van der Waals surface area contributed by atoms with Gasteiger partial charge in [0, 0.05) is 5.92 Å². The van der Waals surface area contributed by atoms with E-state index in [1.165, 1.54) is 109 Å². The summed E-state index contributed by atoms with van der Waals surface area (Å²) >= 11 is 0. The van der Waals surface area contributed by atoms with Crippen molar-refractivity contribution >= 4 is 0 Å². The van der Waals surface area contributed by atoms with Crippen LogP contribution in [0.2, 0.25) is 0 Å². The Kier molecular flexibility index (Phi) is 11.1. The van der Waals surface area contributed by atoms with Crippen LogP contribution in [0.1, 0.15) is 116 Å². The highest BCUT2D eigenvalue weighted by Gasteiger charge is 2.24. The van der Waals surface area contributed by atoms with E-state index in [9.17, 15) is 0 Å². The Bertz CT molecular complexity index is 402. The number of nitriles is 1. The third-order valence-corrected chi connectivity index (χ3v) is 7.11. The van der Waals surface area contributed by atoms with Gasteiger partial charge in [0.05, 0.1) is 6.07 Å². The van der Waals surface area contributed by atoms with Crippen molar-refractivity contribution < 1.29 is 0 Å². The van der Waals surface area contributed by atoms with Crippen LogP contribution in [0.4, 0.5) is 0 Å². The van der Waals surface area contributed by atoms with Gasteiger partial charge < -0.3 is 0 Å². The van der Waals surface area contributed by atoms with Crippen LogP contribution < -0.4 is 0 Å². The molecule has 0 spiro atoms. The Morgan fingerprint density at radius 1 is 0.692 bits per heavy atom. The van der Waals surface area contributed by atoms with Crippen molar-refractivity contribution in [2.45, 2.75) is 116 Å². The normalized spacial score (nSPS) is 29.7. The Labute approximate surface area is 163 Å². The highest BCUT2D eigenvalue weighted by molar-refractivity contribution is 4.87. The molecule has 1 heteroatoms. The Hall–Kier alpha value is -0.770. The molecule has 26 heavy (non-hydrogen) atoms. The zero-order valence-electron chi connectivity index (χ0n) is 17.4. The summed E-state index contributed by atoms with van der Waals surface area (Å²) in [5, 5.41) is 9.02. The number of allylic oxidation sites excluding steroid dienone is 2. The lowest BCUT2D eigenvalue weighted by molar-refractivity contribution is 0.223. The van der Waals surface area contributed by atoms with E-state index in [1.54, 1.807) is 0 Å². The lowest BCUT2D eigenvalue weighted by atomic mass is 9.75. The summed E-state index contributed by atoms with van der Waals surface area (Å²) in [5.41, 5.74) is 0. The first kappa shape index (κ1) is 21.5. The monoisotopic (exact) mass is 357 g/mol. The summed E-state index contributed by atoms with van der Waals surface area (Å²) in [4.78, 5) is 0. The van der Waals surface area contributed by atoms with Crippen LogP contribution >= 0.6 is 0 Å². The molecule has 0 N–H and O–H groups in total. The summed E-state index contributed by atoms with van der Waals surface area (Å²) in [7, 11) is 0. The quantitative estimate of drug-likeness (QED) is 0.270. The number of hydrogen-bond donors (Lipinski definition) is 0. The molecule has 2 saturated carbocycles. The molecule has 2 aliphatic carbocycles. The van der Waals surface area contributed by atoms with Gasteiger partial charge in [0.15, 0.2) is 0 Å². The van der Waals surface area contributed by atoms with Crippen LogP contribution in [0.15, 0.2) is 12.2 Å². The van der Waals surface area contributed by atoms with E-state index < -0.39 is 0 Å². The van der Waals surface area contributed by atoms with Gasteiger partial charge >= 0.3 is 0 Å². The smallest absolute Gasteiger partial charge is 0.0655 e. The highest BCUT2D eigenvalue weighted by Crippen LogP contribution is 2.37. The Morgan fingerprint density at radius 3 is 1.81 bits per heavy atom. The molecule has 0 atom stereocenters. The average molecular weight is 358 g/mol. The van der Waals surface area contributed by atoms with Crippen LogP contribution in [-0.4, -0.2) is 0 Å². The molecular weight excluding hydrogens is 314 g/mol. The molecule has 0 aromatic heterocycles. The zero-order chi connectivity index (χ0) is 18.5. The van der Waals surface area contributed by atoms with Gasteiger partial charge in [0.2, 0.25) is 0 Å². The maximum Gasteiger partial charge on any atom is 0.0655 e. The van der Waals surface area contributed by atoms with Crippen molar-refractivity contribution in [3.8, 4) is 6.07 Å². The highest BCUT2D eigenvalue weighted by atomic mass is 14.3.